The number of amides is 4. The van der Waals surface area contributed by atoms with Crippen molar-refractivity contribution in [1.29, 1.82) is 0 Å². The molecule has 10 heteroatoms. The van der Waals surface area contributed by atoms with E-state index in [9.17, 15) is 14.4 Å². The van der Waals surface area contributed by atoms with Gasteiger partial charge in [0.15, 0.2) is 23.0 Å². The zero-order valence-electron chi connectivity index (χ0n) is 20.6. The second-order valence-corrected chi connectivity index (χ2v) is 9.39. The first-order valence-corrected chi connectivity index (χ1v) is 12.6. The van der Waals surface area contributed by atoms with Crippen molar-refractivity contribution in [3.63, 3.8) is 0 Å². The average Bonchev–Trinajstić information content (AvgIpc) is 3.35. The van der Waals surface area contributed by atoms with Crippen LogP contribution in [0.25, 0.3) is 6.08 Å². The van der Waals surface area contributed by atoms with Gasteiger partial charge < -0.3 is 18.9 Å². The molecule has 38 heavy (non-hydrogen) atoms. The molecule has 1 saturated heterocycles. The second kappa shape index (κ2) is 10.6. The summed E-state index contributed by atoms with van der Waals surface area (Å²) < 4.78 is 23.2. The van der Waals surface area contributed by atoms with E-state index in [4.69, 9.17) is 18.9 Å². The Kier molecular flexibility index (Phi) is 7.06. The predicted octanol–water partition coefficient (Wildman–Crippen LogP) is 5.13. The fraction of sp³-hybridized carbons (Fsp3) is 0.179. The third-order valence-electron chi connectivity index (χ3n) is 5.86. The molecule has 2 aliphatic heterocycles. The Morgan fingerprint density at radius 3 is 2.53 bits per heavy atom. The SMILES string of the molecule is CCOc1cc(/C=C2\C(=O)NC(=O)N(c3ccc(C)cc3)C2=O)cc(Br)c1OCc1ccc2c(c1)OCO2. The largest absolute Gasteiger partial charge is 0.490 e. The molecule has 5 rings (SSSR count). The number of carbonyl (C=O) groups is 3. The number of hydrogen-bond acceptors (Lipinski definition) is 7. The lowest BCUT2D eigenvalue weighted by molar-refractivity contribution is -0.122. The molecular weight excluding hydrogens is 556 g/mol. The number of ether oxygens (including phenoxy) is 4. The Hall–Kier alpha value is -4.31. The first kappa shape index (κ1) is 25.3. The maximum Gasteiger partial charge on any atom is 0.335 e. The van der Waals surface area contributed by atoms with Gasteiger partial charge in [-0.05, 0) is 83.4 Å². The summed E-state index contributed by atoms with van der Waals surface area (Å²) in [6.07, 6.45) is 1.42. The topological polar surface area (TPSA) is 103 Å². The monoisotopic (exact) mass is 578 g/mol. The van der Waals surface area contributed by atoms with Gasteiger partial charge in [-0.25, -0.2) is 9.69 Å². The molecule has 3 aromatic rings. The fourth-order valence-corrected chi connectivity index (χ4v) is 4.59. The molecule has 0 unspecified atom stereocenters. The van der Waals surface area contributed by atoms with Gasteiger partial charge in [0.2, 0.25) is 6.79 Å². The number of benzene rings is 3. The van der Waals surface area contributed by atoms with Crippen molar-refractivity contribution in [2.75, 3.05) is 18.3 Å². The standard InChI is InChI=1S/C28H23BrN2O7/c1-3-35-24-13-18(11-21(29)25(24)36-14-17-6-9-22-23(12-17)38-15-37-22)10-20-26(32)30-28(34)31(27(20)33)19-7-4-16(2)5-8-19/h4-13H,3,14-15H2,1-2H3,(H,30,32,34)/b20-10+. The highest BCUT2D eigenvalue weighted by atomic mass is 79.9. The first-order chi connectivity index (χ1) is 18.3. The van der Waals surface area contributed by atoms with E-state index in [-0.39, 0.29) is 19.0 Å². The van der Waals surface area contributed by atoms with Crippen molar-refractivity contribution >= 4 is 45.5 Å². The van der Waals surface area contributed by atoms with Crippen LogP contribution in [0.1, 0.15) is 23.6 Å². The van der Waals surface area contributed by atoms with Crippen LogP contribution in [0.3, 0.4) is 0 Å². The van der Waals surface area contributed by atoms with Crippen LogP contribution >= 0.6 is 15.9 Å². The number of imide groups is 2. The predicted molar refractivity (Wildman–Crippen MR) is 142 cm³/mol. The lowest BCUT2D eigenvalue weighted by atomic mass is 10.1. The van der Waals surface area contributed by atoms with Gasteiger partial charge in [-0.3, -0.25) is 14.9 Å². The average molecular weight is 579 g/mol. The van der Waals surface area contributed by atoms with Crippen LogP contribution in [-0.2, 0) is 16.2 Å². The summed E-state index contributed by atoms with van der Waals surface area (Å²) in [6.45, 7) is 4.53. The summed E-state index contributed by atoms with van der Waals surface area (Å²) in [5, 5.41) is 2.24. The van der Waals surface area contributed by atoms with Gasteiger partial charge in [0.05, 0.1) is 16.8 Å². The number of anilines is 1. The third-order valence-corrected chi connectivity index (χ3v) is 6.45. The lowest BCUT2D eigenvalue weighted by Gasteiger charge is -2.26. The van der Waals surface area contributed by atoms with Crippen molar-refractivity contribution in [2.45, 2.75) is 20.5 Å². The van der Waals surface area contributed by atoms with Gasteiger partial charge in [0, 0.05) is 0 Å². The molecule has 0 atom stereocenters. The molecule has 4 amide bonds. The van der Waals surface area contributed by atoms with Crippen LogP contribution in [0.4, 0.5) is 10.5 Å². The molecule has 194 valence electrons. The smallest absolute Gasteiger partial charge is 0.335 e. The Morgan fingerprint density at radius 2 is 1.76 bits per heavy atom. The lowest BCUT2D eigenvalue weighted by Crippen LogP contribution is -2.54. The van der Waals surface area contributed by atoms with E-state index in [2.05, 4.69) is 21.2 Å². The van der Waals surface area contributed by atoms with Crippen LogP contribution in [0.15, 0.2) is 64.6 Å². The highest BCUT2D eigenvalue weighted by Crippen LogP contribution is 2.39. The van der Waals surface area contributed by atoms with E-state index in [0.29, 0.717) is 45.3 Å². The zero-order valence-corrected chi connectivity index (χ0v) is 22.2. The first-order valence-electron chi connectivity index (χ1n) is 11.8. The van der Waals surface area contributed by atoms with Crippen molar-refractivity contribution in [1.82, 2.24) is 5.32 Å². The minimum atomic E-state index is -0.801. The Labute approximate surface area is 227 Å². The number of urea groups is 1. The van der Waals surface area contributed by atoms with Crippen molar-refractivity contribution in [2.24, 2.45) is 0 Å². The molecule has 2 heterocycles. The molecule has 0 aromatic heterocycles. The van der Waals surface area contributed by atoms with Crippen LogP contribution < -0.4 is 29.2 Å². The summed E-state index contributed by atoms with van der Waals surface area (Å²) in [4.78, 5) is 39.3. The number of hydrogen-bond donors (Lipinski definition) is 1. The summed E-state index contributed by atoms with van der Waals surface area (Å²) >= 11 is 3.52. The minimum Gasteiger partial charge on any atom is -0.490 e. The van der Waals surface area contributed by atoms with Gasteiger partial charge in [-0.15, -0.1) is 0 Å². The minimum absolute atomic E-state index is 0.187. The number of fused-ring (bicyclic) bond motifs is 1. The number of halogens is 1. The van der Waals surface area contributed by atoms with Crippen molar-refractivity contribution in [3.8, 4) is 23.0 Å². The fourth-order valence-electron chi connectivity index (χ4n) is 4.01. The Morgan fingerprint density at radius 1 is 1.00 bits per heavy atom. The molecule has 0 aliphatic carbocycles. The second-order valence-electron chi connectivity index (χ2n) is 8.53. The van der Waals surface area contributed by atoms with Gasteiger partial charge in [0.1, 0.15) is 12.2 Å². The molecular formula is C28H23BrN2O7. The van der Waals surface area contributed by atoms with Crippen LogP contribution in [0, 0.1) is 6.92 Å². The molecule has 9 nitrogen and oxygen atoms in total. The summed E-state index contributed by atoms with van der Waals surface area (Å²) in [7, 11) is 0. The molecule has 0 saturated carbocycles. The van der Waals surface area contributed by atoms with Gasteiger partial charge >= 0.3 is 6.03 Å². The van der Waals surface area contributed by atoms with E-state index in [1.54, 1.807) is 36.4 Å². The zero-order chi connectivity index (χ0) is 26.8. The molecule has 0 spiro atoms. The third kappa shape index (κ3) is 5.08. The maximum absolute atomic E-state index is 13.2. The van der Waals surface area contributed by atoms with Gasteiger partial charge in [-0.2, -0.15) is 0 Å². The summed E-state index contributed by atoms with van der Waals surface area (Å²) in [5.74, 6) is 0.726. The number of carbonyl (C=O) groups excluding carboxylic acids is 3. The Balaban J connectivity index is 1.42. The van der Waals surface area contributed by atoms with Gasteiger partial charge in [0.25, 0.3) is 11.8 Å². The number of barbiturate groups is 1. The molecule has 1 fully saturated rings. The van der Waals surface area contributed by atoms with Gasteiger partial charge in [-0.1, -0.05) is 23.8 Å². The Bertz CT molecular complexity index is 1470. The number of aryl methyl sites for hydroxylation is 1. The number of nitrogens with zero attached hydrogens (tertiary/aromatic N) is 1. The highest BCUT2D eigenvalue weighted by Gasteiger charge is 2.36. The number of rotatable bonds is 7. The molecule has 2 aliphatic rings. The molecule has 3 aromatic carbocycles. The molecule has 1 N–H and O–H groups in total. The van der Waals surface area contributed by atoms with Crippen LogP contribution in [0.2, 0.25) is 0 Å². The molecule has 0 bridgehead atoms. The quantitative estimate of drug-likeness (QED) is 0.306. The summed E-state index contributed by atoms with van der Waals surface area (Å²) in [5.41, 5.74) is 2.53. The maximum atomic E-state index is 13.2. The van der Waals surface area contributed by atoms with Crippen LogP contribution in [-0.4, -0.2) is 31.2 Å². The summed E-state index contributed by atoms with van der Waals surface area (Å²) in [6, 6.07) is 15.0. The van der Waals surface area contributed by atoms with E-state index in [1.165, 1.54) is 6.08 Å². The molecule has 0 radical (unpaired) electrons. The van der Waals surface area contributed by atoms with E-state index >= 15 is 0 Å². The van der Waals surface area contributed by atoms with E-state index in [0.717, 1.165) is 16.0 Å². The van der Waals surface area contributed by atoms with Crippen molar-refractivity contribution < 1.29 is 33.3 Å². The number of nitrogens with one attached hydrogen (secondary N) is 1. The van der Waals surface area contributed by atoms with E-state index in [1.807, 2.05) is 32.0 Å². The normalized spacial score (nSPS) is 15.6. The van der Waals surface area contributed by atoms with Crippen molar-refractivity contribution in [3.05, 3.63) is 81.3 Å². The van der Waals surface area contributed by atoms with Crippen LogP contribution in [0.5, 0.6) is 23.0 Å². The highest BCUT2D eigenvalue weighted by molar-refractivity contribution is 9.10. The van der Waals surface area contributed by atoms with E-state index < -0.39 is 17.8 Å².